The van der Waals surface area contributed by atoms with Gasteiger partial charge in [0.05, 0.1) is 33.1 Å². The Hall–Kier alpha value is -1.88. The van der Waals surface area contributed by atoms with E-state index in [1.807, 2.05) is 18.2 Å². The summed E-state index contributed by atoms with van der Waals surface area (Å²) in [4.78, 5) is 25.0. The number of carbonyl (C=O) groups is 2. The van der Waals surface area contributed by atoms with Crippen LogP contribution in [0, 0.1) is 11.8 Å². The maximum Gasteiger partial charge on any atom is 0.310 e. The van der Waals surface area contributed by atoms with Crippen LogP contribution in [-0.2, 0) is 19.1 Å². The molecule has 0 spiro atoms. The zero-order valence-corrected chi connectivity index (χ0v) is 17.5. The molecule has 0 aliphatic heterocycles. The highest BCUT2D eigenvalue weighted by Crippen LogP contribution is 2.44. The Morgan fingerprint density at radius 2 is 1.38 bits per heavy atom. The molecule has 0 heterocycles. The van der Waals surface area contributed by atoms with E-state index < -0.39 is 19.9 Å². The van der Waals surface area contributed by atoms with Crippen LogP contribution in [0.1, 0.15) is 32.3 Å². The highest BCUT2D eigenvalue weighted by Gasteiger charge is 2.44. The van der Waals surface area contributed by atoms with Crippen molar-refractivity contribution < 1.29 is 19.1 Å². The van der Waals surface area contributed by atoms with Crippen LogP contribution in [0.5, 0.6) is 0 Å². The Labute approximate surface area is 157 Å². The van der Waals surface area contributed by atoms with Gasteiger partial charge in [0.25, 0.3) is 0 Å². The predicted octanol–water partition coefficient (Wildman–Crippen LogP) is 4.47. The molecule has 0 radical (unpaired) electrons. The van der Waals surface area contributed by atoms with Gasteiger partial charge in [-0.1, -0.05) is 60.7 Å². The van der Waals surface area contributed by atoms with Gasteiger partial charge in [-0.25, -0.2) is 0 Å². The van der Waals surface area contributed by atoms with Crippen LogP contribution in [0.15, 0.2) is 35.9 Å². The molecule has 2 unspecified atom stereocenters. The van der Waals surface area contributed by atoms with E-state index in [4.69, 9.17) is 9.47 Å². The smallest absolute Gasteiger partial charge is 0.310 e. The molecule has 0 saturated heterocycles. The summed E-state index contributed by atoms with van der Waals surface area (Å²) in [6.07, 6.45) is 1.16. The average molecular weight is 375 g/mol. The molecule has 0 amide bonds. The second-order valence-corrected chi connectivity index (χ2v) is 12.7. The first-order chi connectivity index (χ1) is 12.3. The molecule has 2 atom stereocenters. The molecular weight excluding hydrogens is 344 g/mol. The summed E-state index contributed by atoms with van der Waals surface area (Å²) >= 11 is 0. The molecule has 1 saturated carbocycles. The Morgan fingerprint density at radius 1 is 0.923 bits per heavy atom. The number of rotatable bonds is 6. The van der Waals surface area contributed by atoms with Crippen molar-refractivity contribution in [2.24, 2.45) is 11.8 Å². The van der Waals surface area contributed by atoms with E-state index in [1.54, 1.807) is 13.8 Å². The molecule has 142 valence electrons. The fraction of sp³-hybridized carbons (Fsp3) is 0.524. The summed E-state index contributed by atoms with van der Waals surface area (Å²) in [7, 11) is -1.68. The molecule has 0 bridgehead atoms. The molecule has 4 nitrogen and oxygen atoms in total. The first-order valence-electron chi connectivity index (χ1n) is 9.40. The minimum Gasteiger partial charge on any atom is -0.466 e. The van der Waals surface area contributed by atoms with Gasteiger partial charge < -0.3 is 9.47 Å². The molecule has 2 rings (SSSR count). The molecule has 1 aliphatic rings. The zero-order valence-electron chi connectivity index (χ0n) is 16.5. The van der Waals surface area contributed by atoms with Crippen LogP contribution in [0.4, 0.5) is 0 Å². The van der Waals surface area contributed by atoms with Crippen LogP contribution in [-0.4, -0.2) is 33.2 Å². The maximum atomic E-state index is 12.5. The van der Waals surface area contributed by atoms with E-state index in [1.165, 1.54) is 16.3 Å². The largest absolute Gasteiger partial charge is 0.466 e. The third kappa shape index (κ3) is 4.64. The van der Waals surface area contributed by atoms with Crippen LogP contribution in [0.2, 0.25) is 19.6 Å². The molecule has 26 heavy (non-hydrogen) atoms. The summed E-state index contributed by atoms with van der Waals surface area (Å²) in [5, 5.41) is 1.35. The van der Waals surface area contributed by atoms with Gasteiger partial charge in [0.1, 0.15) is 0 Å². The Bertz CT molecular complexity index is 645. The summed E-state index contributed by atoms with van der Waals surface area (Å²) in [5.41, 5.74) is 2.42. The highest BCUT2D eigenvalue weighted by molar-refractivity contribution is 6.93. The molecule has 1 aliphatic carbocycles. The predicted molar refractivity (Wildman–Crippen MR) is 106 cm³/mol. The van der Waals surface area contributed by atoms with Gasteiger partial charge in [-0.3, -0.25) is 9.59 Å². The van der Waals surface area contributed by atoms with E-state index in [-0.39, 0.29) is 11.9 Å². The second kappa shape index (κ2) is 8.67. The van der Waals surface area contributed by atoms with Crippen molar-refractivity contribution in [3.05, 3.63) is 41.5 Å². The summed E-state index contributed by atoms with van der Waals surface area (Å²) < 4.78 is 10.5. The number of hydrogen-bond donors (Lipinski definition) is 0. The van der Waals surface area contributed by atoms with E-state index in [2.05, 4.69) is 31.8 Å². The number of hydrogen-bond acceptors (Lipinski definition) is 4. The lowest BCUT2D eigenvalue weighted by molar-refractivity contribution is -0.158. The standard InChI is InChI=1S/C21H30O4Si/c1-6-24-20(22)17-13-16(14-18(17)21(23)25-7-2)19(26(3,4)5)15-11-9-8-10-12-15/h8-12,17-18H,6-7,13-14H2,1-5H3. The zero-order chi connectivity index (χ0) is 19.3. The van der Waals surface area contributed by atoms with Gasteiger partial charge in [-0.05, 0) is 32.3 Å². The minimum absolute atomic E-state index is 0.288. The van der Waals surface area contributed by atoms with Crippen molar-refractivity contribution >= 4 is 25.2 Å². The Balaban J connectivity index is 2.48. The van der Waals surface area contributed by atoms with Crippen molar-refractivity contribution in [2.75, 3.05) is 13.2 Å². The van der Waals surface area contributed by atoms with Crippen molar-refractivity contribution in [3.8, 4) is 0 Å². The average Bonchev–Trinajstić information content (AvgIpc) is 3.00. The number of benzene rings is 1. The van der Waals surface area contributed by atoms with Gasteiger partial charge in [0.15, 0.2) is 0 Å². The van der Waals surface area contributed by atoms with Crippen LogP contribution >= 0.6 is 0 Å². The Morgan fingerprint density at radius 3 is 1.77 bits per heavy atom. The van der Waals surface area contributed by atoms with Gasteiger partial charge >= 0.3 is 11.9 Å². The lowest BCUT2D eigenvalue weighted by Crippen LogP contribution is -2.28. The molecule has 1 fully saturated rings. The third-order valence-corrected chi connectivity index (χ3v) is 6.91. The van der Waals surface area contributed by atoms with Crippen molar-refractivity contribution in [1.82, 2.24) is 0 Å². The number of ether oxygens (including phenoxy) is 2. The summed E-state index contributed by atoms with van der Waals surface area (Å²) in [6, 6.07) is 10.3. The van der Waals surface area contributed by atoms with E-state index >= 15 is 0 Å². The van der Waals surface area contributed by atoms with Gasteiger partial charge in [0.2, 0.25) is 0 Å². The fourth-order valence-corrected chi connectivity index (χ4v) is 6.17. The number of allylic oxidation sites excluding steroid dienone is 1. The summed E-state index contributed by atoms with van der Waals surface area (Å²) in [5.74, 6) is -1.47. The second-order valence-electron chi connectivity index (χ2n) is 7.72. The van der Waals surface area contributed by atoms with Gasteiger partial charge in [0, 0.05) is 0 Å². The van der Waals surface area contributed by atoms with E-state index in [9.17, 15) is 9.59 Å². The van der Waals surface area contributed by atoms with Crippen molar-refractivity contribution in [2.45, 2.75) is 46.3 Å². The van der Waals surface area contributed by atoms with Crippen LogP contribution in [0.25, 0.3) is 5.20 Å². The number of esters is 2. The molecular formula is C21H30O4Si. The van der Waals surface area contributed by atoms with Crippen LogP contribution < -0.4 is 0 Å². The number of carbonyl (C=O) groups excluding carboxylic acids is 2. The molecule has 1 aromatic carbocycles. The maximum absolute atomic E-state index is 12.5. The topological polar surface area (TPSA) is 52.6 Å². The van der Waals surface area contributed by atoms with Gasteiger partial charge in [-0.15, -0.1) is 0 Å². The fourth-order valence-electron chi connectivity index (χ4n) is 3.87. The lowest BCUT2D eigenvalue weighted by Gasteiger charge is -2.24. The SMILES string of the molecule is CCOC(=O)C1CC(=C(c2ccccc2)[Si](C)(C)C)CC1C(=O)OCC. The monoisotopic (exact) mass is 374 g/mol. The first kappa shape index (κ1) is 20.4. The minimum atomic E-state index is -1.68. The molecule has 0 N–H and O–H groups in total. The first-order valence-corrected chi connectivity index (χ1v) is 12.9. The van der Waals surface area contributed by atoms with Gasteiger partial charge in [-0.2, -0.15) is 0 Å². The Kier molecular flexibility index (Phi) is 6.81. The van der Waals surface area contributed by atoms with Crippen LogP contribution in [0.3, 0.4) is 0 Å². The highest BCUT2D eigenvalue weighted by atomic mass is 28.3. The van der Waals surface area contributed by atoms with Crippen molar-refractivity contribution in [1.29, 1.82) is 0 Å². The van der Waals surface area contributed by atoms with E-state index in [0.29, 0.717) is 26.1 Å². The summed E-state index contributed by atoms with van der Waals surface area (Å²) in [6.45, 7) is 11.1. The van der Waals surface area contributed by atoms with Crippen molar-refractivity contribution in [3.63, 3.8) is 0 Å². The molecule has 1 aromatic rings. The normalized spacial score (nSPS) is 20.0. The quantitative estimate of drug-likeness (QED) is 0.544. The van der Waals surface area contributed by atoms with E-state index in [0.717, 1.165) is 0 Å². The third-order valence-electron chi connectivity index (χ3n) is 4.76. The molecule has 0 aromatic heterocycles. The molecule has 5 heteroatoms. The lowest BCUT2D eigenvalue weighted by atomic mass is 9.96.